The molecule has 1 heterocycles. The summed E-state index contributed by atoms with van der Waals surface area (Å²) in [6.07, 6.45) is 1.64. The largest absolute Gasteiger partial charge is 0.465 e. The molecular formula is C20H19ClN4O2. The summed E-state index contributed by atoms with van der Waals surface area (Å²) in [5.41, 5.74) is 4.25. The van der Waals surface area contributed by atoms with Gasteiger partial charge in [0.05, 0.1) is 23.4 Å². The molecule has 0 spiro atoms. The summed E-state index contributed by atoms with van der Waals surface area (Å²) in [4.78, 5) is 20.4. The van der Waals surface area contributed by atoms with Gasteiger partial charge in [-0.1, -0.05) is 17.7 Å². The number of hydrogen-bond donors (Lipinski definition) is 2. The molecule has 2 N–H and O–H groups in total. The van der Waals surface area contributed by atoms with Crippen molar-refractivity contribution in [1.82, 2.24) is 9.97 Å². The molecule has 2 aromatic carbocycles. The molecule has 0 aliphatic carbocycles. The number of hydrogen-bond acceptors (Lipinski definition) is 6. The lowest BCUT2D eigenvalue weighted by Gasteiger charge is -2.11. The number of esters is 1. The van der Waals surface area contributed by atoms with E-state index in [2.05, 4.69) is 34.4 Å². The van der Waals surface area contributed by atoms with E-state index >= 15 is 0 Å². The van der Waals surface area contributed by atoms with Crippen LogP contribution >= 0.6 is 11.6 Å². The Balaban J connectivity index is 1.82. The number of carbonyl (C=O) groups excluding carboxylic acids is 1. The molecular weight excluding hydrogens is 364 g/mol. The van der Waals surface area contributed by atoms with Gasteiger partial charge in [0.1, 0.15) is 5.82 Å². The lowest BCUT2D eigenvalue weighted by atomic mass is 10.1. The van der Waals surface area contributed by atoms with Crippen molar-refractivity contribution in [2.75, 3.05) is 17.7 Å². The first-order chi connectivity index (χ1) is 13.0. The number of carbonyl (C=O) groups is 1. The van der Waals surface area contributed by atoms with Crippen LogP contribution in [-0.4, -0.2) is 23.0 Å². The third-order valence-corrected chi connectivity index (χ3v) is 4.40. The molecule has 3 aromatic rings. The predicted octanol–water partition coefficient (Wildman–Crippen LogP) is 5.02. The molecule has 0 amide bonds. The lowest BCUT2D eigenvalue weighted by Crippen LogP contribution is -2.04. The first kappa shape index (κ1) is 18.7. The van der Waals surface area contributed by atoms with Gasteiger partial charge in [0, 0.05) is 11.9 Å². The summed E-state index contributed by atoms with van der Waals surface area (Å²) in [5, 5.41) is 6.75. The van der Waals surface area contributed by atoms with Crippen LogP contribution in [0.15, 0.2) is 48.7 Å². The molecule has 0 aliphatic heterocycles. The minimum atomic E-state index is -0.436. The van der Waals surface area contributed by atoms with E-state index in [1.165, 1.54) is 18.2 Å². The Morgan fingerprint density at radius 2 is 1.85 bits per heavy atom. The number of benzene rings is 2. The van der Waals surface area contributed by atoms with E-state index in [9.17, 15) is 4.79 Å². The molecule has 0 aliphatic rings. The molecule has 0 saturated heterocycles. The average Bonchev–Trinajstić information content (AvgIpc) is 2.66. The minimum Gasteiger partial charge on any atom is -0.465 e. The number of nitrogens with zero attached hydrogens (tertiary/aromatic N) is 2. The predicted molar refractivity (Wildman–Crippen MR) is 107 cm³/mol. The number of halogens is 1. The zero-order valence-corrected chi connectivity index (χ0v) is 16.0. The molecule has 0 radical (unpaired) electrons. The number of nitrogens with one attached hydrogen (secondary N) is 2. The highest BCUT2D eigenvalue weighted by Crippen LogP contribution is 2.27. The number of aromatic nitrogens is 2. The van der Waals surface area contributed by atoms with E-state index in [1.54, 1.807) is 30.5 Å². The molecule has 6 nitrogen and oxygen atoms in total. The highest BCUT2D eigenvalue weighted by atomic mass is 35.5. The average molecular weight is 383 g/mol. The molecule has 0 saturated carbocycles. The highest BCUT2D eigenvalue weighted by molar-refractivity contribution is 6.33. The van der Waals surface area contributed by atoms with Crippen LogP contribution in [0.4, 0.5) is 23.1 Å². The van der Waals surface area contributed by atoms with E-state index in [-0.39, 0.29) is 0 Å². The van der Waals surface area contributed by atoms with Crippen molar-refractivity contribution in [3.8, 4) is 0 Å². The highest BCUT2D eigenvalue weighted by Gasteiger charge is 2.10. The summed E-state index contributed by atoms with van der Waals surface area (Å²) in [7, 11) is 1.33. The molecule has 0 atom stereocenters. The van der Waals surface area contributed by atoms with E-state index in [4.69, 9.17) is 16.3 Å². The standard InChI is InChI=1S/C20H19ClN4O2/c1-12-4-6-15(10-13(12)2)23-20-22-9-8-18(25-20)24-17-11-14(19(26)27-3)5-7-16(17)21/h4-11H,1-3H3,(H2,22,23,24,25). The number of ether oxygens (including phenoxy) is 1. The van der Waals surface area contributed by atoms with Crippen molar-refractivity contribution in [1.29, 1.82) is 0 Å². The van der Waals surface area contributed by atoms with Crippen LogP contribution in [0.1, 0.15) is 21.5 Å². The van der Waals surface area contributed by atoms with Gasteiger partial charge < -0.3 is 15.4 Å². The van der Waals surface area contributed by atoms with Gasteiger partial charge in [0.2, 0.25) is 5.95 Å². The normalized spacial score (nSPS) is 10.4. The lowest BCUT2D eigenvalue weighted by molar-refractivity contribution is 0.0601. The third-order valence-electron chi connectivity index (χ3n) is 4.07. The minimum absolute atomic E-state index is 0.395. The van der Waals surface area contributed by atoms with E-state index < -0.39 is 5.97 Å². The molecule has 0 bridgehead atoms. The van der Waals surface area contributed by atoms with Gasteiger partial charge in [-0.3, -0.25) is 0 Å². The summed E-state index contributed by atoms with van der Waals surface area (Å²) < 4.78 is 4.74. The number of anilines is 4. The SMILES string of the molecule is COC(=O)c1ccc(Cl)c(Nc2ccnc(Nc3ccc(C)c(C)c3)n2)c1. The van der Waals surface area contributed by atoms with Crippen molar-refractivity contribution in [3.63, 3.8) is 0 Å². The maximum Gasteiger partial charge on any atom is 0.337 e. The monoisotopic (exact) mass is 382 g/mol. The van der Waals surface area contributed by atoms with Crippen molar-refractivity contribution in [3.05, 3.63) is 70.4 Å². The first-order valence-corrected chi connectivity index (χ1v) is 8.66. The molecule has 0 unspecified atom stereocenters. The maximum atomic E-state index is 11.7. The summed E-state index contributed by atoms with van der Waals surface area (Å²) in [6.45, 7) is 4.11. The van der Waals surface area contributed by atoms with Gasteiger partial charge in [0.25, 0.3) is 0 Å². The molecule has 1 aromatic heterocycles. The zero-order valence-electron chi connectivity index (χ0n) is 15.2. The van der Waals surface area contributed by atoms with E-state index in [1.807, 2.05) is 18.2 Å². The first-order valence-electron chi connectivity index (χ1n) is 8.28. The second-order valence-electron chi connectivity index (χ2n) is 6.00. The van der Waals surface area contributed by atoms with Crippen LogP contribution in [0.5, 0.6) is 0 Å². The van der Waals surface area contributed by atoms with Crippen LogP contribution in [0.25, 0.3) is 0 Å². The van der Waals surface area contributed by atoms with Crippen molar-refractivity contribution in [2.24, 2.45) is 0 Å². The fourth-order valence-electron chi connectivity index (χ4n) is 2.44. The summed E-state index contributed by atoms with van der Waals surface area (Å²) in [6, 6.07) is 12.6. The van der Waals surface area contributed by atoms with Gasteiger partial charge in [-0.2, -0.15) is 4.98 Å². The molecule has 138 valence electrons. The van der Waals surface area contributed by atoms with Crippen LogP contribution in [0.2, 0.25) is 5.02 Å². The van der Waals surface area contributed by atoms with Gasteiger partial charge >= 0.3 is 5.97 Å². The van der Waals surface area contributed by atoms with Crippen LogP contribution in [0.3, 0.4) is 0 Å². The summed E-state index contributed by atoms with van der Waals surface area (Å²) in [5.74, 6) is 0.554. The van der Waals surface area contributed by atoms with Crippen molar-refractivity contribution < 1.29 is 9.53 Å². The van der Waals surface area contributed by atoms with Gasteiger partial charge in [0.15, 0.2) is 0 Å². The Kier molecular flexibility index (Phi) is 5.57. The quantitative estimate of drug-likeness (QED) is 0.603. The van der Waals surface area contributed by atoms with Crippen molar-refractivity contribution in [2.45, 2.75) is 13.8 Å². The molecule has 27 heavy (non-hydrogen) atoms. The zero-order chi connectivity index (χ0) is 19.4. The van der Waals surface area contributed by atoms with E-state index in [0.717, 1.165) is 5.69 Å². The van der Waals surface area contributed by atoms with Gasteiger partial charge in [-0.15, -0.1) is 0 Å². The fourth-order valence-corrected chi connectivity index (χ4v) is 2.61. The second-order valence-corrected chi connectivity index (χ2v) is 6.41. The Bertz CT molecular complexity index is 991. The number of rotatable bonds is 5. The maximum absolute atomic E-state index is 11.7. The Morgan fingerprint density at radius 1 is 1.04 bits per heavy atom. The number of methoxy groups -OCH3 is 1. The topological polar surface area (TPSA) is 76.1 Å². The second kappa shape index (κ2) is 8.05. The van der Waals surface area contributed by atoms with Crippen LogP contribution < -0.4 is 10.6 Å². The van der Waals surface area contributed by atoms with Crippen LogP contribution in [0, 0.1) is 13.8 Å². The van der Waals surface area contributed by atoms with Gasteiger partial charge in [-0.25, -0.2) is 9.78 Å². The molecule has 7 heteroatoms. The Labute approximate surface area is 162 Å². The van der Waals surface area contributed by atoms with Gasteiger partial charge in [-0.05, 0) is 61.4 Å². The summed E-state index contributed by atoms with van der Waals surface area (Å²) >= 11 is 6.22. The third kappa shape index (κ3) is 4.54. The van der Waals surface area contributed by atoms with Crippen molar-refractivity contribution >= 4 is 40.7 Å². The van der Waals surface area contributed by atoms with Crippen LogP contribution in [-0.2, 0) is 4.74 Å². The molecule has 0 fully saturated rings. The Hall–Kier alpha value is -3.12. The number of aryl methyl sites for hydroxylation is 2. The fraction of sp³-hybridized carbons (Fsp3) is 0.150. The Morgan fingerprint density at radius 3 is 2.59 bits per heavy atom. The molecule has 3 rings (SSSR count). The smallest absolute Gasteiger partial charge is 0.337 e. The van der Waals surface area contributed by atoms with E-state index in [0.29, 0.717) is 28.0 Å².